The summed E-state index contributed by atoms with van der Waals surface area (Å²) in [5.74, 6) is -0.140. The first-order chi connectivity index (χ1) is 10.2. The number of hydrogen-bond acceptors (Lipinski definition) is 2. The second-order valence-corrected chi connectivity index (χ2v) is 6.76. The quantitative estimate of drug-likeness (QED) is 0.834. The number of nitrogens with one attached hydrogen (secondary N) is 1. The molecule has 0 aliphatic carbocycles. The molecule has 3 N–H and O–H groups in total. The minimum Gasteiger partial charge on any atom is -0.333 e. The van der Waals surface area contributed by atoms with E-state index in [4.69, 9.17) is 23.2 Å². The monoisotopic (exact) mass is 342 g/mol. The van der Waals surface area contributed by atoms with E-state index in [0.717, 1.165) is 5.56 Å². The first-order valence-electron chi connectivity index (χ1n) is 7.20. The molecule has 1 rings (SSSR count). The SMILES string of the molecule is CC(C)[C@@](C)(C#N)NC(=O)C[NH2+][C@@H](C)c1ccc(Cl)cc1Cl. The summed E-state index contributed by atoms with van der Waals surface area (Å²) in [6.45, 7) is 7.74. The molecule has 1 amide bonds. The number of hydrogen-bond donors (Lipinski definition) is 2. The molecule has 22 heavy (non-hydrogen) atoms. The number of halogens is 2. The van der Waals surface area contributed by atoms with Crippen LogP contribution in [0, 0.1) is 17.2 Å². The fourth-order valence-corrected chi connectivity index (χ4v) is 2.50. The van der Waals surface area contributed by atoms with Gasteiger partial charge in [0.2, 0.25) is 0 Å². The van der Waals surface area contributed by atoms with Gasteiger partial charge in [-0.3, -0.25) is 4.79 Å². The highest BCUT2D eigenvalue weighted by molar-refractivity contribution is 6.35. The standard InChI is InChI=1S/C16H21Cl2N3O/c1-10(2)16(4,9-19)21-15(22)8-20-11(3)13-6-5-12(17)7-14(13)18/h5-7,10-11,20H,8H2,1-4H3,(H,21,22)/p+1/t11-,16+/m0/s1. The van der Waals surface area contributed by atoms with E-state index in [-0.39, 0.29) is 24.4 Å². The smallest absolute Gasteiger partial charge is 0.276 e. The molecule has 0 spiro atoms. The molecule has 120 valence electrons. The lowest BCUT2D eigenvalue weighted by atomic mass is 9.90. The van der Waals surface area contributed by atoms with E-state index in [1.165, 1.54) is 0 Å². The maximum Gasteiger partial charge on any atom is 0.276 e. The highest BCUT2D eigenvalue weighted by Crippen LogP contribution is 2.24. The maximum absolute atomic E-state index is 12.0. The molecule has 0 bridgehead atoms. The highest BCUT2D eigenvalue weighted by atomic mass is 35.5. The number of carbonyl (C=O) groups is 1. The zero-order chi connectivity index (χ0) is 16.9. The predicted octanol–water partition coefficient (Wildman–Crippen LogP) is 2.67. The molecular formula is C16H22Cl2N3O+. The Morgan fingerprint density at radius 3 is 2.55 bits per heavy atom. The second kappa shape index (κ2) is 7.82. The summed E-state index contributed by atoms with van der Waals surface area (Å²) in [7, 11) is 0. The van der Waals surface area contributed by atoms with Crippen molar-refractivity contribution in [3.63, 3.8) is 0 Å². The van der Waals surface area contributed by atoms with E-state index in [2.05, 4.69) is 11.4 Å². The molecule has 0 aromatic heterocycles. The van der Waals surface area contributed by atoms with Crippen LogP contribution in [0.25, 0.3) is 0 Å². The van der Waals surface area contributed by atoms with Crippen LogP contribution in [0.3, 0.4) is 0 Å². The van der Waals surface area contributed by atoms with Gasteiger partial charge in [0, 0.05) is 10.6 Å². The van der Waals surface area contributed by atoms with E-state index in [1.54, 1.807) is 19.1 Å². The van der Waals surface area contributed by atoms with Gasteiger partial charge >= 0.3 is 0 Å². The zero-order valence-corrected chi connectivity index (χ0v) is 14.8. The van der Waals surface area contributed by atoms with Gasteiger partial charge in [-0.05, 0) is 31.9 Å². The maximum atomic E-state index is 12.0. The van der Waals surface area contributed by atoms with Gasteiger partial charge in [-0.1, -0.05) is 43.1 Å². The number of nitrogens with two attached hydrogens (primary N) is 1. The molecular weight excluding hydrogens is 321 g/mol. The normalized spacial score (nSPS) is 15.0. The highest BCUT2D eigenvalue weighted by Gasteiger charge is 2.30. The van der Waals surface area contributed by atoms with Crippen LogP contribution in [0.1, 0.15) is 39.3 Å². The Labute approximate surface area is 141 Å². The summed E-state index contributed by atoms with van der Waals surface area (Å²) < 4.78 is 0. The molecule has 0 fully saturated rings. The summed E-state index contributed by atoms with van der Waals surface area (Å²) >= 11 is 12.0. The van der Waals surface area contributed by atoms with Crippen molar-refractivity contribution in [2.75, 3.05) is 6.54 Å². The van der Waals surface area contributed by atoms with Crippen molar-refractivity contribution in [3.8, 4) is 6.07 Å². The summed E-state index contributed by atoms with van der Waals surface area (Å²) in [6.07, 6.45) is 0. The Kier molecular flexibility index (Phi) is 6.67. The molecule has 1 aromatic rings. The van der Waals surface area contributed by atoms with Crippen LogP contribution >= 0.6 is 23.2 Å². The average Bonchev–Trinajstić information content (AvgIpc) is 2.44. The Hall–Kier alpha value is -1.28. The number of nitrogens with zero attached hydrogens (tertiary/aromatic N) is 1. The van der Waals surface area contributed by atoms with Gasteiger partial charge in [-0.2, -0.15) is 5.26 Å². The molecule has 0 heterocycles. The molecule has 0 aliphatic heterocycles. The molecule has 0 saturated heterocycles. The Morgan fingerprint density at radius 1 is 1.41 bits per heavy atom. The van der Waals surface area contributed by atoms with Crippen LogP contribution in [0.15, 0.2) is 18.2 Å². The number of benzene rings is 1. The lowest BCUT2D eigenvalue weighted by Gasteiger charge is -2.27. The molecule has 0 unspecified atom stereocenters. The zero-order valence-electron chi connectivity index (χ0n) is 13.3. The van der Waals surface area contributed by atoms with Crippen LogP contribution < -0.4 is 10.6 Å². The fourth-order valence-electron chi connectivity index (χ4n) is 1.92. The van der Waals surface area contributed by atoms with E-state index in [1.807, 2.05) is 32.2 Å². The summed E-state index contributed by atoms with van der Waals surface area (Å²) in [4.78, 5) is 12.0. The van der Waals surface area contributed by atoms with Gasteiger partial charge in [0.1, 0.15) is 11.6 Å². The molecule has 2 atom stereocenters. The van der Waals surface area contributed by atoms with Crippen LogP contribution in [-0.4, -0.2) is 18.0 Å². The minimum atomic E-state index is -0.855. The van der Waals surface area contributed by atoms with Crippen molar-refractivity contribution in [1.29, 1.82) is 5.26 Å². The Balaban J connectivity index is 2.62. The third kappa shape index (κ3) is 4.88. The largest absolute Gasteiger partial charge is 0.333 e. The average molecular weight is 343 g/mol. The van der Waals surface area contributed by atoms with Gasteiger partial charge in [-0.25, -0.2) is 0 Å². The van der Waals surface area contributed by atoms with Crippen LogP contribution in [0.4, 0.5) is 0 Å². The van der Waals surface area contributed by atoms with Gasteiger partial charge in [-0.15, -0.1) is 0 Å². The lowest BCUT2D eigenvalue weighted by molar-refractivity contribution is -0.682. The number of amides is 1. The van der Waals surface area contributed by atoms with Crippen LogP contribution in [-0.2, 0) is 4.79 Å². The summed E-state index contributed by atoms with van der Waals surface area (Å²) in [5, 5.41) is 15.1. The number of rotatable bonds is 6. The first-order valence-corrected chi connectivity index (χ1v) is 7.95. The van der Waals surface area contributed by atoms with Crippen LogP contribution in [0.2, 0.25) is 10.0 Å². The van der Waals surface area contributed by atoms with Gasteiger partial charge < -0.3 is 10.6 Å². The van der Waals surface area contributed by atoms with E-state index < -0.39 is 5.54 Å². The summed E-state index contributed by atoms with van der Waals surface area (Å²) in [5.41, 5.74) is 0.0669. The van der Waals surface area contributed by atoms with Crippen LogP contribution in [0.5, 0.6) is 0 Å². The van der Waals surface area contributed by atoms with E-state index >= 15 is 0 Å². The molecule has 0 saturated carbocycles. The second-order valence-electron chi connectivity index (χ2n) is 5.91. The fraction of sp³-hybridized carbons (Fsp3) is 0.500. The predicted molar refractivity (Wildman–Crippen MR) is 88.7 cm³/mol. The summed E-state index contributed by atoms with van der Waals surface area (Å²) in [6, 6.07) is 7.50. The van der Waals surface area contributed by atoms with Crippen molar-refractivity contribution >= 4 is 29.1 Å². The van der Waals surface area contributed by atoms with Crippen molar-refractivity contribution < 1.29 is 10.1 Å². The Bertz CT molecular complexity index is 583. The molecule has 1 aromatic carbocycles. The minimum absolute atomic E-state index is 0.0166. The molecule has 6 heteroatoms. The molecule has 0 aliphatic rings. The topological polar surface area (TPSA) is 69.5 Å². The molecule has 0 radical (unpaired) electrons. The molecule has 4 nitrogen and oxygen atoms in total. The number of carbonyl (C=O) groups excluding carboxylic acids is 1. The third-order valence-electron chi connectivity index (χ3n) is 3.90. The van der Waals surface area contributed by atoms with Crippen molar-refractivity contribution in [2.24, 2.45) is 5.92 Å². The number of quaternary nitrogens is 1. The van der Waals surface area contributed by atoms with Gasteiger partial charge in [0.15, 0.2) is 6.54 Å². The van der Waals surface area contributed by atoms with E-state index in [0.29, 0.717) is 10.0 Å². The van der Waals surface area contributed by atoms with Gasteiger partial charge in [0.05, 0.1) is 11.1 Å². The van der Waals surface area contributed by atoms with E-state index in [9.17, 15) is 10.1 Å². The first kappa shape index (κ1) is 18.8. The Morgan fingerprint density at radius 2 is 2.05 bits per heavy atom. The number of nitriles is 1. The third-order valence-corrected chi connectivity index (χ3v) is 4.46. The van der Waals surface area contributed by atoms with Crippen molar-refractivity contribution in [3.05, 3.63) is 33.8 Å². The van der Waals surface area contributed by atoms with Crippen molar-refractivity contribution in [2.45, 2.75) is 39.3 Å². The lowest BCUT2D eigenvalue weighted by Crippen LogP contribution is -2.87. The van der Waals surface area contributed by atoms with Gasteiger partial charge in [0.25, 0.3) is 5.91 Å². The van der Waals surface area contributed by atoms with Crippen molar-refractivity contribution in [1.82, 2.24) is 5.32 Å².